The van der Waals surface area contributed by atoms with Gasteiger partial charge in [-0.05, 0) is 97.7 Å². The molecule has 0 bridgehead atoms. The zero-order valence-electron chi connectivity index (χ0n) is 64.4. The fourth-order valence-corrected chi connectivity index (χ4v) is 14.0. The van der Waals surface area contributed by atoms with E-state index in [9.17, 15) is 88.8 Å². The molecule has 5 heterocycles. The third-order valence-corrected chi connectivity index (χ3v) is 20.1. The summed E-state index contributed by atoms with van der Waals surface area (Å²) in [6, 6.07) is 16.2. The number of carbonyl (C=O) groups is 10. The number of amides is 6. The van der Waals surface area contributed by atoms with Gasteiger partial charge < -0.3 is 71.9 Å². The van der Waals surface area contributed by atoms with Gasteiger partial charge in [0.2, 0.25) is 35.3 Å². The number of carbonyl (C=O) groups excluding carboxylic acids is 6. The van der Waals surface area contributed by atoms with Crippen molar-refractivity contribution in [2.24, 2.45) is 0 Å². The van der Waals surface area contributed by atoms with Gasteiger partial charge in [0.25, 0.3) is 11.8 Å². The number of phenols is 4. The largest absolute Gasteiger partial charge is 0.508 e. The number of benzene rings is 4. The van der Waals surface area contributed by atoms with E-state index < -0.39 is 103 Å². The Bertz CT molecular complexity index is 4320. The topological polar surface area (TPSA) is 468 Å². The van der Waals surface area contributed by atoms with Crippen LogP contribution in [0.2, 0.25) is 0 Å². The van der Waals surface area contributed by atoms with Gasteiger partial charge in [0.1, 0.15) is 41.1 Å². The van der Waals surface area contributed by atoms with E-state index >= 15 is 0 Å². The monoisotopic (exact) mass is 1730 g/mol. The summed E-state index contributed by atoms with van der Waals surface area (Å²) in [5.41, 5.74) is 4.40. The Morgan fingerprint density at radius 1 is 0.460 bits per heavy atom. The molecule has 6 amide bonds. The van der Waals surface area contributed by atoms with Gasteiger partial charge in [0.05, 0.1) is 37.2 Å². The second-order valence-corrected chi connectivity index (χ2v) is 28.8. The summed E-state index contributed by atoms with van der Waals surface area (Å²) in [7, 11) is 0. The molecule has 3 aliphatic rings. The summed E-state index contributed by atoms with van der Waals surface area (Å²) in [6.45, 7) is 15.6. The first-order chi connectivity index (χ1) is 53.4. The second kappa shape index (κ2) is 41.2. The molecule has 1 radical (unpaired) electrons. The number of aliphatic carboxylic acids is 4. The van der Waals surface area contributed by atoms with E-state index in [2.05, 4.69) is 51.5 Å². The minimum Gasteiger partial charge on any atom is -0.508 e. The van der Waals surface area contributed by atoms with Crippen LogP contribution in [-0.2, 0) is 51.4 Å². The molecule has 3 atom stereocenters. The van der Waals surface area contributed by atoms with Crippen LogP contribution >= 0.6 is 0 Å². The van der Waals surface area contributed by atoms with Crippen LogP contribution in [0.4, 0.5) is 0 Å². The van der Waals surface area contributed by atoms with Crippen molar-refractivity contribution in [1.29, 1.82) is 0 Å². The predicted molar refractivity (Wildman–Crippen MR) is 407 cm³/mol. The maximum atomic E-state index is 14.6. The normalized spacial score (nSPS) is 16.3. The summed E-state index contributed by atoms with van der Waals surface area (Å²) < 4.78 is 3.06. The first-order valence-corrected chi connectivity index (χ1v) is 37.6. The minimum atomic E-state index is -1.57. The van der Waals surface area contributed by atoms with Gasteiger partial charge in [-0.1, -0.05) is 52.0 Å². The van der Waals surface area contributed by atoms with Crippen LogP contribution in [0.1, 0.15) is 123 Å². The van der Waals surface area contributed by atoms with E-state index in [1.807, 2.05) is 52.0 Å². The Labute approximate surface area is 682 Å². The minimum absolute atomic E-state index is 0. The van der Waals surface area contributed by atoms with Crippen LogP contribution in [0.25, 0.3) is 34.2 Å². The second-order valence-electron chi connectivity index (χ2n) is 28.8. The van der Waals surface area contributed by atoms with E-state index in [0.29, 0.717) is 74.9 Å². The van der Waals surface area contributed by atoms with Crippen molar-refractivity contribution in [2.75, 3.05) is 137 Å². The van der Waals surface area contributed by atoms with E-state index in [0.717, 1.165) is 11.1 Å². The summed E-state index contributed by atoms with van der Waals surface area (Å²) >= 11 is 0. The number of aromatic nitrogens is 6. The molecule has 0 spiro atoms. The van der Waals surface area contributed by atoms with Crippen LogP contribution in [-0.4, -0.2) is 324 Å². The molecule has 37 heteroatoms. The number of nitrogens with one attached hydrogen (secondary N) is 4. The average molecular weight is 1730 g/mol. The zero-order valence-corrected chi connectivity index (χ0v) is 66.0. The molecule has 0 unspecified atom stereocenters. The Balaban J connectivity index is 0.0000160. The predicted octanol–water partition coefficient (Wildman–Crippen LogP) is 1.83. The van der Waals surface area contributed by atoms with Crippen molar-refractivity contribution >= 4 is 59.3 Å². The number of aromatic hydroxyl groups is 4. The summed E-state index contributed by atoms with van der Waals surface area (Å²) in [5, 5.41) is 111. The van der Waals surface area contributed by atoms with Gasteiger partial charge in [0, 0.05) is 198 Å². The van der Waals surface area contributed by atoms with E-state index in [-0.39, 0.29) is 198 Å². The van der Waals surface area contributed by atoms with Gasteiger partial charge in [-0.25, -0.2) is 0 Å². The number of rotatable bonds is 31. The molecule has 3 saturated heterocycles. The summed E-state index contributed by atoms with van der Waals surface area (Å²) in [6.07, 6.45) is -1.41. The fraction of sp³-hybridized carbons (Fsp3) is 0.500. The number of hydrogen-bond donors (Lipinski definition) is 12. The maximum Gasteiger partial charge on any atom is 0.320 e. The Hall–Kier alpha value is -9.95. The Morgan fingerprint density at radius 2 is 0.841 bits per heavy atom. The zero-order chi connectivity index (χ0) is 81.2. The molecule has 113 heavy (non-hydrogen) atoms. The number of piperazine rings is 2. The number of carboxylic acid groups (broad SMARTS) is 4. The van der Waals surface area contributed by atoms with Crippen molar-refractivity contribution in [3.63, 3.8) is 0 Å². The van der Waals surface area contributed by atoms with Crippen LogP contribution in [0.15, 0.2) is 72.8 Å². The molecule has 9 rings (SSSR count). The molecule has 2 aromatic heterocycles. The molecule has 4 aromatic carbocycles. The van der Waals surface area contributed by atoms with Crippen molar-refractivity contribution in [3.8, 4) is 57.1 Å². The smallest absolute Gasteiger partial charge is 0.320 e. The van der Waals surface area contributed by atoms with Crippen molar-refractivity contribution in [2.45, 2.75) is 111 Å². The molecule has 3 fully saturated rings. The fourth-order valence-electron chi connectivity index (χ4n) is 14.0. The number of hydrogen-bond acceptors (Lipinski definition) is 24. The number of phenolic OH excluding ortho intramolecular Hbond substituents is 4. The Kier molecular flexibility index (Phi) is 32.3. The van der Waals surface area contributed by atoms with Gasteiger partial charge in [-0.15, -0.1) is 20.4 Å². The molecule has 36 nitrogen and oxygen atoms in total. The van der Waals surface area contributed by atoms with Gasteiger partial charge in [0.15, 0.2) is 11.6 Å². The molecule has 6 aromatic rings. The van der Waals surface area contributed by atoms with Crippen molar-refractivity contribution in [3.05, 3.63) is 107 Å². The molecular formula is C76H102LuN18O18. The third kappa shape index (κ3) is 23.8. The maximum absolute atomic E-state index is 14.6. The average Bonchev–Trinajstić information content (AvgIpc) is 1.69. The van der Waals surface area contributed by atoms with Gasteiger partial charge >= 0.3 is 23.9 Å². The van der Waals surface area contributed by atoms with Crippen LogP contribution in [0.5, 0.6) is 23.0 Å². The summed E-state index contributed by atoms with van der Waals surface area (Å²) in [5.74, 6) is -9.14. The molecule has 0 aliphatic carbocycles. The molecule has 0 saturated carbocycles. The standard InChI is InChI=1S/C76H102N18O18.Lu/c1-8-77-73(108)70-83-81-68(55-36-53(46(3)4)59(95)39-61(55)97)93(70)51-14-10-49(11-15-51)41-85-26-32-91(33-27-85)64(100)38-57(80-63(99)19-18-58(76(111)112)90-30-24-88(44-66(103)104)22-20-87(43-65(101)102)21-23-89(25-31-90)45-67(105)106)72(107)79-48(7)75(110)92-34-28-86(29-35-92)42-50-12-16-52(17-13-50)94-69(82-84-71(94)74(109)78-9-2)56-37-54(47(5)6)60(96)40-62(56)98;/h10-17,36-37,39-40,46-48,57-58,95-98H,8-9,18-35,38,41-45H2,1-7H3,(H,77,108)(H,78,109)(H,79,107)(H,80,99)(H,101,102)(H,103,104)(H,105,106)(H,111,112);/t48-,57+,58-;/m1./s1. The van der Waals surface area contributed by atoms with Crippen molar-refractivity contribution in [1.82, 2.24) is 90.0 Å². The van der Waals surface area contributed by atoms with Crippen LogP contribution in [0.3, 0.4) is 0 Å². The van der Waals surface area contributed by atoms with E-state index in [1.54, 1.807) is 64.9 Å². The van der Waals surface area contributed by atoms with Gasteiger partial charge in [-0.3, -0.25) is 86.5 Å². The van der Waals surface area contributed by atoms with Gasteiger partial charge in [-0.2, -0.15) is 0 Å². The molecular weight excluding hydrogens is 1630 g/mol. The number of carboxylic acids is 4. The van der Waals surface area contributed by atoms with Crippen molar-refractivity contribution < 1.29 is 126 Å². The molecule has 3 aliphatic heterocycles. The van der Waals surface area contributed by atoms with Crippen LogP contribution in [0, 0.1) is 36.9 Å². The van der Waals surface area contributed by atoms with E-state index in [1.165, 1.54) is 42.9 Å². The molecule has 619 valence electrons. The molecule has 12 N–H and O–H groups in total. The first kappa shape index (κ1) is 88.6. The first-order valence-electron chi connectivity index (χ1n) is 37.6. The SMILES string of the molecule is CCNC(=O)c1nnc(-c2cc(C(C)C)c(O)cc2O)n1-c1ccc(CN2CCN(C(=O)C[C@H](NC(=O)CC[C@H](C(=O)O)N3CCN(CC(=O)O)CCN(CC(=O)O)CCN(CC(=O)O)CC3)C(=O)N[C@H](C)C(=O)N3CCN(Cc4ccc(-n5c(C(=O)NCC)nnc5-c5cc(C(C)C)c(O)cc5O)cc4)CC3)CC2)cc1.[Lu]. The van der Waals surface area contributed by atoms with E-state index in [4.69, 9.17) is 0 Å². The Morgan fingerprint density at radius 3 is 1.21 bits per heavy atom. The van der Waals surface area contributed by atoms with Crippen LogP contribution < -0.4 is 21.3 Å². The quantitative estimate of drug-likeness (QED) is 0.0295. The summed E-state index contributed by atoms with van der Waals surface area (Å²) in [4.78, 5) is 147. The third-order valence-electron chi connectivity index (χ3n) is 20.1. The number of nitrogens with zero attached hydrogens (tertiary/aromatic N) is 14.